The molecule has 172 valence electrons. The standard InChI is InChI=1S/C25H25FN2O4S/c1-4-33(30,31)15-18-10-21-22(11-24(18)32-3)25(16-5-7-19(26)8-6-16)27-12-17-9-20(14-29)28(2)13-23(17)21/h5-11,13-14,20H,4,12,15H2,1-3H3. The molecule has 0 bridgehead atoms. The number of rotatable bonds is 6. The third kappa shape index (κ3) is 4.48. The van der Waals surface area contributed by atoms with Crippen molar-refractivity contribution in [2.75, 3.05) is 26.5 Å². The SMILES string of the molecule is CCS(=O)(=O)Cc1cc2c(cc1OC)C(c1ccc(F)cc1)=NCC1=CC(C=O)N(C)C=C12. The maximum atomic E-state index is 13.6. The summed E-state index contributed by atoms with van der Waals surface area (Å²) in [5.74, 6) is -0.0288. The van der Waals surface area contributed by atoms with Gasteiger partial charge >= 0.3 is 0 Å². The number of likely N-dealkylation sites (N-methyl/N-ethyl adjacent to an activating group) is 1. The summed E-state index contributed by atoms with van der Waals surface area (Å²) in [5.41, 5.74) is 5.22. The van der Waals surface area contributed by atoms with Gasteiger partial charge in [-0.25, -0.2) is 12.8 Å². The van der Waals surface area contributed by atoms with Crippen LogP contribution in [0.25, 0.3) is 5.57 Å². The topological polar surface area (TPSA) is 76.0 Å². The zero-order valence-corrected chi connectivity index (χ0v) is 19.5. The van der Waals surface area contributed by atoms with Gasteiger partial charge in [-0.2, -0.15) is 0 Å². The lowest BCUT2D eigenvalue weighted by Gasteiger charge is -2.28. The number of hydrogen-bond donors (Lipinski definition) is 0. The Labute approximate surface area is 193 Å². The fourth-order valence-electron chi connectivity index (χ4n) is 4.09. The van der Waals surface area contributed by atoms with Crippen LogP contribution in [0, 0.1) is 5.82 Å². The molecule has 0 amide bonds. The van der Waals surface area contributed by atoms with Crippen LogP contribution in [0.3, 0.4) is 0 Å². The first-order chi connectivity index (χ1) is 15.8. The molecule has 8 heteroatoms. The summed E-state index contributed by atoms with van der Waals surface area (Å²) >= 11 is 0. The number of methoxy groups -OCH3 is 1. The van der Waals surface area contributed by atoms with Crippen molar-refractivity contribution in [2.45, 2.75) is 18.7 Å². The second-order valence-electron chi connectivity index (χ2n) is 8.08. The van der Waals surface area contributed by atoms with Crippen molar-refractivity contribution in [3.05, 3.63) is 82.3 Å². The number of aliphatic imine (C=N–C) groups is 1. The van der Waals surface area contributed by atoms with Gasteiger partial charge in [-0.3, -0.25) is 4.99 Å². The van der Waals surface area contributed by atoms with E-state index in [0.717, 1.165) is 34.1 Å². The van der Waals surface area contributed by atoms with E-state index in [9.17, 15) is 17.6 Å². The van der Waals surface area contributed by atoms with E-state index in [0.29, 0.717) is 23.6 Å². The molecule has 0 aromatic heterocycles. The molecule has 0 N–H and O–H groups in total. The van der Waals surface area contributed by atoms with Gasteiger partial charge in [0.1, 0.15) is 23.9 Å². The zero-order valence-electron chi connectivity index (χ0n) is 18.7. The van der Waals surface area contributed by atoms with E-state index in [2.05, 4.69) is 0 Å². The van der Waals surface area contributed by atoms with Crippen LogP contribution in [-0.2, 0) is 20.4 Å². The average molecular weight is 469 g/mol. The number of ether oxygens (including phenoxy) is 1. The Bertz CT molecular complexity index is 1290. The first-order valence-electron chi connectivity index (χ1n) is 10.6. The van der Waals surface area contributed by atoms with Crippen LogP contribution in [0.1, 0.15) is 29.2 Å². The highest BCUT2D eigenvalue weighted by Gasteiger charge is 2.28. The monoisotopic (exact) mass is 468 g/mol. The highest BCUT2D eigenvalue weighted by Crippen LogP contribution is 2.38. The van der Waals surface area contributed by atoms with Gasteiger partial charge in [-0.05, 0) is 53.6 Å². The Morgan fingerprint density at radius 3 is 2.58 bits per heavy atom. The molecule has 1 atom stereocenters. The second-order valence-corrected chi connectivity index (χ2v) is 10.4. The fourth-order valence-corrected chi connectivity index (χ4v) is 4.99. The first kappa shape index (κ1) is 22.9. The number of nitrogens with zero attached hydrogens (tertiary/aromatic N) is 2. The van der Waals surface area contributed by atoms with Crippen molar-refractivity contribution in [2.24, 2.45) is 4.99 Å². The molecule has 0 saturated heterocycles. The quantitative estimate of drug-likeness (QED) is 0.608. The Morgan fingerprint density at radius 1 is 1.21 bits per heavy atom. The number of fused-ring (bicyclic) bond motifs is 3. The lowest BCUT2D eigenvalue weighted by atomic mass is 9.88. The van der Waals surface area contributed by atoms with Crippen molar-refractivity contribution < 1.29 is 22.3 Å². The number of benzene rings is 2. The molecular formula is C25H25FN2O4S. The highest BCUT2D eigenvalue weighted by atomic mass is 32.2. The van der Waals surface area contributed by atoms with Crippen LogP contribution >= 0.6 is 0 Å². The summed E-state index contributed by atoms with van der Waals surface area (Å²) in [6.45, 7) is 1.94. The van der Waals surface area contributed by atoms with Gasteiger partial charge in [0.05, 0.1) is 25.1 Å². The molecular weight excluding hydrogens is 443 g/mol. The lowest BCUT2D eigenvalue weighted by molar-refractivity contribution is -0.110. The number of carbonyl (C=O) groups excluding carboxylic acids is 1. The van der Waals surface area contributed by atoms with E-state index >= 15 is 0 Å². The van der Waals surface area contributed by atoms with E-state index in [1.54, 1.807) is 25.1 Å². The van der Waals surface area contributed by atoms with Crippen LogP contribution in [0.4, 0.5) is 4.39 Å². The number of halogens is 1. The molecule has 6 nitrogen and oxygen atoms in total. The van der Waals surface area contributed by atoms with Gasteiger partial charge in [0, 0.05) is 41.3 Å². The maximum absolute atomic E-state index is 13.6. The van der Waals surface area contributed by atoms with E-state index in [-0.39, 0.29) is 17.3 Å². The smallest absolute Gasteiger partial charge is 0.154 e. The summed E-state index contributed by atoms with van der Waals surface area (Å²) < 4.78 is 44.0. The minimum atomic E-state index is -3.31. The van der Waals surface area contributed by atoms with Crippen molar-refractivity contribution in [3.63, 3.8) is 0 Å². The van der Waals surface area contributed by atoms with Crippen LogP contribution in [0.5, 0.6) is 5.75 Å². The van der Waals surface area contributed by atoms with Crippen molar-refractivity contribution >= 4 is 27.4 Å². The van der Waals surface area contributed by atoms with Crippen molar-refractivity contribution in [3.8, 4) is 5.75 Å². The van der Waals surface area contributed by atoms with Crippen LogP contribution in [0.2, 0.25) is 0 Å². The van der Waals surface area contributed by atoms with E-state index in [1.165, 1.54) is 19.2 Å². The molecule has 0 spiro atoms. The molecule has 2 aliphatic rings. The average Bonchev–Trinajstić information content (AvgIpc) is 2.95. The zero-order chi connectivity index (χ0) is 23.8. The highest BCUT2D eigenvalue weighted by molar-refractivity contribution is 7.90. The van der Waals surface area contributed by atoms with Gasteiger partial charge in [0.25, 0.3) is 0 Å². The van der Waals surface area contributed by atoms with Gasteiger partial charge in [-0.15, -0.1) is 0 Å². The maximum Gasteiger partial charge on any atom is 0.154 e. The molecule has 33 heavy (non-hydrogen) atoms. The molecule has 2 aliphatic heterocycles. The fraction of sp³-hybridized carbons (Fsp3) is 0.280. The number of sulfone groups is 1. The minimum absolute atomic E-state index is 0.0210. The number of aldehydes is 1. The van der Waals surface area contributed by atoms with Crippen molar-refractivity contribution in [1.82, 2.24) is 4.90 Å². The molecule has 2 heterocycles. The predicted octanol–water partition coefficient (Wildman–Crippen LogP) is 3.40. The van der Waals surface area contributed by atoms with Gasteiger partial charge in [0.15, 0.2) is 9.84 Å². The molecule has 2 aromatic rings. The summed E-state index contributed by atoms with van der Waals surface area (Å²) in [5, 5.41) is 0. The molecule has 0 saturated carbocycles. The van der Waals surface area contributed by atoms with Crippen LogP contribution < -0.4 is 4.74 Å². The molecule has 0 aliphatic carbocycles. The van der Waals surface area contributed by atoms with Gasteiger partial charge in [0.2, 0.25) is 0 Å². The Hall–Kier alpha value is -3.26. The molecule has 0 radical (unpaired) electrons. The predicted molar refractivity (Wildman–Crippen MR) is 127 cm³/mol. The number of carbonyl (C=O) groups is 1. The molecule has 1 unspecified atom stereocenters. The minimum Gasteiger partial charge on any atom is -0.496 e. The third-order valence-corrected chi connectivity index (χ3v) is 7.60. The van der Waals surface area contributed by atoms with E-state index in [4.69, 9.17) is 9.73 Å². The summed E-state index contributed by atoms with van der Waals surface area (Å²) in [4.78, 5) is 18.2. The summed E-state index contributed by atoms with van der Waals surface area (Å²) in [7, 11) is 0.0132. The Kier molecular flexibility index (Phi) is 6.21. The third-order valence-electron chi connectivity index (χ3n) is 5.97. The Balaban J connectivity index is 1.98. The van der Waals surface area contributed by atoms with E-state index < -0.39 is 15.9 Å². The van der Waals surface area contributed by atoms with Crippen LogP contribution in [-0.4, -0.2) is 57.8 Å². The summed E-state index contributed by atoms with van der Waals surface area (Å²) in [6.07, 6.45) is 4.63. The van der Waals surface area contributed by atoms with E-state index in [1.807, 2.05) is 30.3 Å². The first-order valence-corrected chi connectivity index (χ1v) is 12.4. The van der Waals surface area contributed by atoms with Gasteiger partial charge in [-0.1, -0.05) is 6.92 Å². The molecule has 4 rings (SSSR count). The molecule has 2 aromatic carbocycles. The van der Waals surface area contributed by atoms with Gasteiger partial charge < -0.3 is 14.4 Å². The lowest BCUT2D eigenvalue weighted by Crippen LogP contribution is -2.30. The second kappa shape index (κ2) is 8.94. The molecule has 0 fully saturated rings. The summed E-state index contributed by atoms with van der Waals surface area (Å²) in [6, 6.07) is 9.31. The van der Waals surface area contributed by atoms with Crippen molar-refractivity contribution in [1.29, 1.82) is 0 Å². The Morgan fingerprint density at radius 2 is 1.94 bits per heavy atom. The largest absolute Gasteiger partial charge is 0.496 e. The van der Waals surface area contributed by atoms with Crippen LogP contribution in [0.15, 0.2) is 59.2 Å². The normalized spacial score (nSPS) is 17.8. The number of hydrogen-bond acceptors (Lipinski definition) is 6.